The molecule has 0 radical (unpaired) electrons. The molecule has 0 fully saturated rings. The minimum atomic E-state index is -0.711. The van der Waals surface area contributed by atoms with Crippen LogP contribution in [-0.4, -0.2) is 18.3 Å². The molecule has 0 spiro atoms. The van der Waals surface area contributed by atoms with E-state index in [9.17, 15) is 9.59 Å². The maximum Gasteiger partial charge on any atom is 0.414 e. The highest BCUT2D eigenvalue weighted by Gasteiger charge is 2.00. The number of carbonyl (C=O) groups is 2. The zero-order chi connectivity index (χ0) is 7.28. The average molecular weight is 149 g/mol. The molecule has 0 aromatic rings. The molecule has 1 N–H and O–H groups in total. The molecule has 5 heteroatoms. The summed E-state index contributed by atoms with van der Waals surface area (Å²) in [6, 6.07) is 0. The summed E-state index contributed by atoms with van der Waals surface area (Å²) in [5.41, 5.74) is -0.492. The zero-order valence-corrected chi connectivity index (χ0v) is 6.16. The van der Waals surface area contributed by atoms with Crippen molar-refractivity contribution in [1.82, 2.24) is 5.32 Å². The quantitative estimate of drug-likeness (QED) is 0.559. The van der Waals surface area contributed by atoms with Crippen LogP contribution >= 0.6 is 9.24 Å². The number of alkyl carbamates (subject to hydrolysis) is 1. The van der Waals surface area contributed by atoms with Crippen LogP contribution in [0.1, 0.15) is 6.92 Å². The van der Waals surface area contributed by atoms with E-state index in [1.807, 2.05) is 5.32 Å². The van der Waals surface area contributed by atoms with Crippen molar-refractivity contribution >= 4 is 21.0 Å². The lowest BCUT2D eigenvalue weighted by molar-refractivity contribution is 0.155. The number of nitrogens with one attached hydrogen (secondary N) is 1. The van der Waals surface area contributed by atoms with Crippen molar-refractivity contribution in [3.63, 3.8) is 0 Å². The molecular formula is C4H8NO3P. The second-order valence-electron chi connectivity index (χ2n) is 1.21. The average Bonchev–Trinajstić information content (AvgIpc) is 1.63. The number of ether oxygens (including phenoxy) is 1. The summed E-state index contributed by atoms with van der Waals surface area (Å²) in [4.78, 5) is 20.4. The first-order valence-corrected chi connectivity index (χ1v) is 2.97. The third-order valence-corrected chi connectivity index (χ3v) is 0.645. The van der Waals surface area contributed by atoms with Gasteiger partial charge in [-0.1, -0.05) is 0 Å². The van der Waals surface area contributed by atoms with Gasteiger partial charge in [-0.3, -0.25) is 10.1 Å². The summed E-state index contributed by atoms with van der Waals surface area (Å²) in [5, 5.41) is 1.91. The number of hydrogen-bond donors (Lipinski definition) is 1. The molecule has 0 saturated heterocycles. The lowest BCUT2D eigenvalue weighted by Gasteiger charge is -1.98. The molecule has 0 aliphatic heterocycles. The zero-order valence-electron chi connectivity index (χ0n) is 5.01. The molecule has 9 heavy (non-hydrogen) atoms. The van der Waals surface area contributed by atoms with Crippen molar-refractivity contribution in [2.45, 2.75) is 6.92 Å². The molecular weight excluding hydrogens is 141 g/mol. The first-order valence-electron chi connectivity index (χ1n) is 2.40. The van der Waals surface area contributed by atoms with E-state index in [1.54, 1.807) is 16.2 Å². The minimum absolute atomic E-state index is 0.268. The predicted octanol–water partition coefficient (Wildman–Crippen LogP) is 0.728. The van der Waals surface area contributed by atoms with Gasteiger partial charge in [-0.05, 0) is 16.2 Å². The minimum Gasteiger partial charge on any atom is -0.450 e. The van der Waals surface area contributed by atoms with E-state index in [2.05, 4.69) is 4.74 Å². The molecule has 0 bridgehead atoms. The second-order valence-corrected chi connectivity index (χ2v) is 1.73. The van der Waals surface area contributed by atoms with E-state index in [4.69, 9.17) is 0 Å². The van der Waals surface area contributed by atoms with Gasteiger partial charge in [-0.15, -0.1) is 0 Å². The smallest absolute Gasteiger partial charge is 0.414 e. The van der Waals surface area contributed by atoms with E-state index in [-0.39, 0.29) is 6.61 Å². The van der Waals surface area contributed by atoms with Crippen molar-refractivity contribution in [3.8, 4) is 0 Å². The molecule has 0 aliphatic carbocycles. The summed E-state index contributed by atoms with van der Waals surface area (Å²) in [6.45, 7) is 1.93. The Kier molecular flexibility index (Phi) is 3.97. The predicted molar refractivity (Wildman–Crippen MR) is 35.3 cm³/mol. The lowest BCUT2D eigenvalue weighted by atomic mass is 10.9. The van der Waals surface area contributed by atoms with Crippen molar-refractivity contribution in [1.29, 1.82) is 0 Å². The largest absolute Gasteiger partial charge is 0.450 e. The molecule has 0 rings (SSSR count). The van der Waals surface area contributed by atoms with Gasteiger partial charge in [-0.2, -0.15) is 0 Å². The van der Waals surface area contributed by atoms with Gasteiger partial charge in [0.05, 0.1) is 6.61 Å². The van der Waals surface area contributed by atoms with Gasteiger partial charge < -0.3 is 4.74 Å². The van der Waals surface area contributed by atoms with Gasteiger partial charge in [0.1, 0.15) is 0 Å². The number of carbonyl (C=O) groups excluding carboxylic acids is 2. The Labute approximate surface area is 55.2 Å². The van der Waals surface area contributed by atoms with Crippen molar-refractivity contribution in [3.05, 3.63) is 0 Å². The molecule has 0 heterocycles. The summed E-state index contributed by atoms with van der Waals surface area (Å²) < 4.78 is 4.37. The third-order valence-electron chi connectivity index (χ3n) is 0.501. The maximum absolute atomic E-state index is 10.3. The Morgan fingerprint density at radius 3 is 2.56 bits per heavy atom. The fourth-order valence-electron chi connectivity index (χ4n) is 0.268. The van der Waals surface area contributed by atoms with Crippen LogP contribution in [0.4, 0.5) is 9.59 Å². The molecule has 1 unspecified atom stereocenters. The first-order chi connectivity index (χ1) is 4.16. The molecule has 0 aromatic heterocycles. The molecule has 52 valence electrons. The second kappa shape index (κ2) is 4.27. The van der Waals surface area contributed by atoms with E-state index < -0.39 is 11.7 Å². The number of hydrogen-bond acceptors (Lipinski definition) is 3. The summed E-state index contributed by atoms with van der Waals surface area (Å²) in [7, 11) is 1.80. The van der Waals surface area contributed by atoms with E-state index in [1.165, 1.54) is 0 Å². The standard InChI is InChI=1S/C4H8NO3P/c1-2-8-3(6)5-4(7)9/h2,9H2,1H3,(H,5,6,7). The van der Waals surface area contributed by atoms with Crippen LogP contribution in [0.3, 0.4) is 0 Å². The summed E-state index contributed by atoms with van der Waals surface area (Å²) in [5.74, 6) is 0. The Morgan fingerprint density at radius 2 is 2.22 bits per heavy atom. The van der Waals surface area contributed by atoms with Gasteiger partial charge in [0, 0.05) is 0 Å². The van der Waals surface area contributed by atoms with E-state index in [0.29, 0.717) is 0 Å². The molecule has 1 atom stereocenters. The summed E-state index contributed by atoms with van der Waals surface area (Å²) >= 11 is 0. The van der Waals surface area contributed by atoms with Crippen LogP contribution in [0.2, 0.25) is 0 Å². The number of rotatable bonds is 1. The first kappa shape index (κ1) is 8.37. The maximum atomic E-state index is 10.3. The molecule has 0 aromatic carbocycles. The van der Waals surface area contributed by atoms with E-state index >= 15 is 0 Å². The monoisotopic (exact) mass is 149 g/mol. The molecule has 0 aliphatic rings. The number of amides is 2. The molecule has 4 nitrogen and oxygen atoms in total. The van der Waals surface area contributed by atoms with Crippen LogP contribution in [0, 0.1) is 0 Å². The fraction of sp³-hybridized carbons (Fsp3) is 0.500. The van der Waals surface area contributed by atoms with Crippen molar-refractivity contribution < 1.29 is 14.3 Å². The Hall–Kier alpha value is -0.630. The highest BCUT2D eigenvalue weighted by atomic mass is 31.0. The van der Waals surface area contributed by atoms with Gasteiger partial charge >= 0.3 is 6.09 Å². The van der Waals surface area contributed by atoms with Crippen LogP contribution in [0.15, 0.2) is 0 Å². The van der Waals surface area contributed by atoms with Gasteiger partial charge in [0.25, 0.3) is 0 Å². The van der Waals surface area contributed by atoms with Gasteiger partial charge in [-0.25, -0.2) is 4.79 Å². The highest BCUT2D eigenvalue weighted by Crippen LogP contribution is 1.83. The molecule has 0 saturated carbocycles. The lowest BCUT2D eigenvalue weighted by Crippen LogP contribution is -2.25. The van der Waals surface area contributed by atoms with Gasteiger partial charge in [0.15, 0.2) is 0 Å². The topological polar surface area (TPSA) is 55.4 Å². The van der Waals surface area contributed by atoms with E-state index in [0.717, 1.165) is 0 Å². The van der Waals surface area contributed by atoms with Crippen LogP contribution in [0.25, 0.3) is 0 Å². The third kappa shape index (κ3) is 5.24. The van der Waals surface area contributed by atoms with Crippen molar-refractivity contribution in [2.24, 2.45) is 0 Å². The Balaban J connectivity index is 3.39. The van der Waals surface area contributed by atoms with Crippen molar-refractivity contribution in [2.75, 3.05) is 6.61 Å². The number of imide groups is 1. The van der Waals surface area contributed by atoms with Crippen LogP contribution < -0.4 is 5.32 Å². The Bertz CT molecular complexity index is 125. The van der Waals surface area contributed by atoms with Crippen LogP contribution in [0.5, 0.6) is 0 Å². The van der Waals surface area contributed by atoms with Gasteiger partial charge in [0.2, 0.25) is 5.65 Å². The highest BCUT2D eigenvalue weighted by molar-refractivity contribution is 7.40. The summed E-state index contributed by atoms with van der Waals surface area (Å²) in [6.07, 6.45) is -0.711. The molecule has 2 amide bonds. The fourth-order valence-corrected chi connectivity index (χ4v) is 0.386. The normalized spacial score (nSPS) is 8.22. The van der Waals surface area contributed by atoms with Crippen LogP contribution in [-0.2, 0) is 4.74 Å². The Morgan fingerprint density at radius 1 is 1.67 bits per heavy atom. The SMILES string of the molecule is CCOC(=O)NC(=O)P.